The van der Waals surface area contributed by atoms with E-state index in [2.05, 4.69) is 0 Å². The van der Waals surface area contributed by atoms with Gasteiger partial charge in [-0.2, -0.15) is 0 Å². The Kier molecular flexibility index (Phi) is 3.14. The maximum atomic E-state index is 13.0. The molecule has 15 heavy (non-hydrogen) atoms. The van der Waals surface area contributed by atoms with Crippen LogP contribution in [0.15, 0.2) is 41.8 Å². The molecule has 3 heteroatoms. The van der Waals surface area contributed by atoms with Gasteiger partial charge in [0.25, 0.3) is 0 Å². The first-order chi connectivity index (χ1) is 7.25. The van der Waals surface area contributed by atoms with E-state index in [0.29, 0.717) is 0 Å². The topological polar surface area (TPSA) is 26.0 Å². The molecule has 2 N–H and O–H groups in total. The highest BCUT2D eigenvalue weighted by Crippen LogP contribution is 2.19. The van der Waals surface area contributed by atoms with Crippen LogP contribution in [0.4, 0.5) is 4.39 Å². The molecule has 0 saturated carbocycles. The van der Waals surface area contributed by atoms with Crippen molar-refractivity contribution in [2.45, 2.75) is 12.5 Å². The molecule has 2 aromatic rings. The zero-order valence-corrected chi connectivity index (χ0v) is 9.01. The average Bonchev–Trinajstić information content (AvgIpc) is 2.70. The van der Waals surface area contributed by atoms with E-state index < -0.39 is 0 Å². The van der Waals surface area contributed by atoms with Gasteiger partial charge in [0, 0.05) is 17.3 Å². The largest absolute Gasteiger partial charge is 0.324 e. The van der Waals surface area contributed by atoms with Crippen molar-refractivity contribution in [1.29, 1.82) is 0 Å². The van der Waals surface area contributed by atoms with Crippen molar-refractivity contribution < 1.29 is 4.39 Å². The van der Waals surface area contributed by atoms with Crippen LogP contribution < -0.4 is 5.73 Å². The first kappa shape index (κ1) is 10.3. The van der Waals surface area contributed by atoms with Crippen LogP contribution in [0.25, 0.3) is 0 Å². The van der Waals surface area contributed by atoms with E-state index in [4.69, 9.17) is 5.73 Å². The molecule has 0 radical (unpaired) electrons. The van der Waals surface area contributed by atoms with Crippen LogP contribution in [0.5, 0.6) is 0 Å². The molecule has 0 saturated heterocycles. The summed E-state index contributed by atoms with van der Waals surface area (Å²) >= 11 is 1.68. The van der Waals surface area contributed by atoms with Crippen LogP contribution in [-0.2, 0) is 6.42 Å². The van der Waals surface area contributed by atoms with Gasteiger partial charge in [-0.15, -0.1) is 11.3 Å². The minimum absolute atomic E-state index is 0.126. The van der Waals surface area contributed by atoms with Gasteiger partial charge in [0.05, 0.1) is 0 Å². The molecule has 1 aromatic carbocycles. The molecule has 1 heterocycles. The van der Waals surface area contributed by atoms with Crippen molar-refractivity contribution in [3.63, 3.8) is 0 Å². The summed E-state index contributed by atoms with van der Waals surface area (Å²) in [6, 6.07) is 10.4. The van der Waals surface area contributed by atoms with Gasteiger partial charge in [-0.3, -0.25) is 0 Å². The van der Waals surface area contributed by atoms with E-state index in [9.17, 15) is 4.39 Å². The lowest BCUT2D eigenvalue weighted by molar-refractivity contribution is 0.619. The highest BCUT2D eigenvalue weighted by molar-refractivity contribution is 7.09. The van der Waals surface area contributed by atoms with E-state index in [1.807, 2.05) is 23.6 Å². The van der Waals surface area contributed by atoms with Crippen molar-refractivity contribution in [2.75, 3.05) is 0 Å². The van der Waals surface area contributed by atoms with Gasteiger partial charge in [0.1, 0.15) is 5.82 Å². The third-order valence-corrected chi connectivity index (χ3v) is 3.18. The van der Waals surface area contributed by atoms with E-state index in [1.165, 1.54) is 17.0 Å². The summed E-state index contributed by atoms with van der Waals surface area (Å²) in [5, 5.41) is 2.02. The third kappa shape index (κ3) is 2.64. The Labute approximate surface area is 92.4 Å². The number of hydrogen-bond acceptors (Lipinski definition) is 2. The quantitative estimate of drug-likeness (QED) is 0.846. The molecule has 1 atom stereocenters. The Morgan fingerprint density at radius 1 is 1.27 bits per heavy atom. The fourth-order valence-corrected chi connectivity index (χ4v) is 2.27. The predicted molar refractivity (Wildman–Crippen MR) is 61.4 cm³/mol. The molecule has 0 aliphatic heterocycles. The van der Waals surface area contributed by atoms with E-state index in [-0.39, 0.29) is 11.9 Å². The van der Waals surface area contributed by atoms with Gasteiger partial charge in [0.15, 0.2) is 0 Å². The second-order valence-electron chi connectivity index (χ2n) is 3.44. The molecule has 1 unspecified atom stereocenters. The van der Waals surface area contributed by atoms with Crippen molar-refractivity contribution >= 4 is 11.3 Å². The van der Waals surface area contributed by atoms with E-state index >= 15 is 0 Å². The van der Waals surface area contributed by atoms with Gasteiger partial charge >= 0.3 is 0 Å². The van der Waals surface area contributed by atoms with Crippen molar-refractivity contribution in [2.24, 2.45) is 5.73 Å². The minimum atomic E-state index is -0.228. The molecular weight excluding hydrogens is 209 g/mol. The normalized spacial score (nSPS) is 12.7. The SMILES string of the molecule is NC(Cc1cccs1)c1cccc(F)c1. The summed E-state index contributed by atoms with van der Waals surface area (Å²) in [6.07, 6.45) is 0.765. The number of halogens is 1. The van der Waals surface area contributed by atoms with Gasteiger partial charge in [0.2, 0.25) is 0 Å². The van der Waals surface area contributed by atoms with Crippen LogP contribution in [0.1, 0.15) is 16.5 Å². The Bertz CT molecular complexity index is 425. The van der Waals surface area contributed by atoms with E-state index in [1.54, 1.807) is 17.4 Å². The van der Waals surface area contributed by atoms with Crippen LogP contribution in [0.3, 0.4) is 0 Å². The summed E-state index contributed by atoms with van der Waals surface area (Å²) in [7, 11) is 0. The molecule has 1 nitrogen and oxygen atoms in total. The van der Waals surface area contributed by atoms with Crippen molar-refractivity contribution in [3.05, 3.63) is 58.0 Å². The fraction of sp³-hybridized carbons (Fsp3) is 0.167. The van der Waals surface area contributed by atoms with Crippen molar-refractivity contribution in [3.8, 4) is 0 Å². The molecule has 0 spiro atoms. The minimum Gasteiger partial charge on any atom is -0.324 e. The predicted octanol–water partition coefficient (Wildman–Crippen LogP) is 3.13. The second-order valence-corrected chi connectivity index (χ2v) is 4.48. The second kappa shape index (κ2) is 4.55. The molecule has 0 aliphatic rings. The molecule has 78 valence electrons. The molecule has 1 aromatic heterocycles. The number of nitrogens with two attached hydrogens (primary N) is 1. The van der Waals surface area contributed by atoms with Crippen LogP contribution in [0.2, 0.25) is 0 Å². The maximum absolute atomic E-state index is 13.0. The number of benzene rings is 1. The maximum Gasteiger partial charge on any atom is 0.123 e. The first-order valence-electron chi connectivity index (χ1n) is 4.79. The standard InChI is InChI=1S/C12H12FNS/c13-10-4-1-3-9(7-10)12(14)8-11-5-2-6-15-11/h1-7,12H,8,14H2. The Morgan fingerprint density at radius 3 is 2.80 bits per heavy atom. The monoisotopic (exact) mass is 221 g/mol. The fourth-order valence-electron chi connectivity index (χ4n) is 1.50. The summed E-state index contributed by atoms with van der Waals surface area (Å²) in [5.74, 6) is -0.228. The van der Waals surface area contributed by atoms with Gasteiger partial charge in [-0.05, 0) is 29.1 Å². The lowest BCUT2D eigenvalue weighted by atomic mass is 10.0. The lowest BCUT2D eigenvalue weighted by Crippen LogP contribution is -2.12. The van der Waals surface area contributed by atoms with Gasteiger partial charge in [-0.1, -0.05) is 18.2 Å². The van der Waals surface area contributed by atoms with Gasteiger partial charge < -0.3 is 5.73 Å². The number of rotatable bonds is 3. The van der Waals surface area contributed by atoms with E-state index in [0.717, 1.165) is 12.0 Å². The molecule has 0 amide bonds. The molecular formula is C12H12FNS. The zero-order valence-electron chi connectivity index (χ0n) is 8.19. The Hall–Kier alpha value is -1.19. The number of hydrogen-bond donors (Lipinski definition) is 1. The highest BCUT2D eigenvalue weighted by atomic mass is 32.1. The highest BCUT2D eigenvalue weighted by Gasteiger charge is 2.08. The molecule has 0 fully saturated rings. The summed E-state index contributed by atoms with van der Waals surface area (Å²) in [5.41, 5.74) is 6.85. The molecule has 2 rings (SSSR count). The lowest BCUT2D eigenvalue weighted by Gasteiger charge is -2.10. The van der Waals surface area contributed by atoms with Crippen LogP contribution >= 0.6 is 11.3 Å². The first-order valence-corrected chi connectivity index (χ1v) is 5.67. The average molecular weight is 221 g/mol. The van der Waals surface area contributed by atoms with Crippen molar-refractivity contribution in [1.82, 2.24) is 0 Å². The Balaban J connectivity index is 2.11. The third-order valence-electron chi connectivity index (χ3n) is 2.28. The molecule has 0 bridgehead atoms. The number of thiophene rings is 1. The summed E-state index contributed by atoms with van der Waals surface area (Å²) in [6.45, 7) is 0. The Morgan fingerprint density at radius 2 is 2.13 bits per heavy atom. The van der Waals surface area contributed by atoms with Crippen LogP contribution in [-0.4, -0.2) is 0 Å². The summed E-state index contributed by atoms with van der Waals surface area (Å²) in [4.78, 5) is 1.23. The van der Waals surface area contributed by atoms with Gasteiger partial charge in [-0.25, -0.2) is 4.39 Å². The smallest absolute Gasteiger partial charge is 0.123 e. The summed E-state index contributed by atoms with van der Waals surface area (Å²) < 4.78 is 13.0. The van der Waals surface area contributed by atoms with Crippen LogP contribution in [0, 0.1) is 5.82 Å². The zero-order chi connectivity index (χ0) is 10.7. The molecule has 0 aliphatic carbocycles.